The highest BCUT2D eigenvalue weighted by Gasteiger charge is 2.42. The minimum atomic E-state index is -4.06. The Morgan fingerprint density at radius 1 is 0.885 bits per heavy atom. The molecule has 2 aliphatic rings. The van der Waals surface area contributed by atoms with Crippen molar-refractivity contribution in [3.05, 3.63) is 48.0 Å². The number of benzene rings is 2. The summed E-state index contributed by atoms with van der Waals surface area (Å²) in [6.07, 6.45) is 4.76. The van der Waals surface area contributed by atoms with Gasteiger partial charge in [0.15, 0.2) is 23.1 Å². The van der Waals surface area contributed by atoms with E-state index in [1.807, 2.05) is 0 Å². The maximum absolute atomic E-state index is 13.3. The first kappa shape index (κ1) is 17.1. The van der Waals surface area contributed by atoms with Gasteiger partial charge in [0.25, 0.3) is 15.8 Å². The van der Waals surface area contributed by atoms with Gasteiger partial charge in [0.2, 0.25) is 0 Å². The van der Waals surface area contributed by atoms with Crippen molar-refractivity contribution in [1.82, 2.24) is 0 Å². The van der Waals surface area contributed by atoms with E-state index in [1.54, 1.807) is 12.1 Å². The molecular formula is C18H17F2NO4S. The van der Waals surface area contributed by atoms with Crippen molar-refractivity contribution in [3.63, 3.8) is 0 Å². The zero-order valence-electron chi connectivity index (χ0n) is 13.8. The van der Waals surface area contributed by atoms with Gasteiger partial charge in [0, 0.05) is 18.9 Å². The summed E-state index contributed by atoms with van der Waals surface area (Å²) in [6, 6.07) is 7.14. The van der Waals surface area contributed by atoms with Gasteiger partial charge >= 0.3 is 0 Å². The predicted molar refractivity (Wildman–Crippen MR) is 90.7 cm³/mol. The Balaban J connectivity index is 1.57. The molecule has 4 rings (SSSR count). The average Bonchev–Trinajstić information content (AvgIpc) is 2.94. The normalized spacial score (nSPS) is 18.1. The average molecular weight is 381 g/mol. The first-order valence-corrected chi connectivity index (χ1v) is 9.85. The van der Waals surface area contributed by atoms with Gasteiger partial charge in [-0.15, -0.1) is 0 Å². The number of rotatable bonds is 3. The van der Waals surface area contributed by atoms with Gasteiger partial charge in [0.05, 0.1) is 10.6 Å². The predicted octanol–water partition coefficient (Wildman–Crippen LogP) is 4.20. The molecule has 1 aliphatic heterocycles. The first-order valence-electron chi connectivity index (χ1n) is 8.37. The van der Waals surface area contributed by atoms with Crippen LogP contribution in [0, 0.1) is 11.6 Å². The molecule has 0 aromatic heterocycles. The van der Waals surface area contributed by atoms with Crippen LogP contribution < -0.4 is 14.2 Å². The Morgan fingerprint density at radius 2 is 1.62 bits per heavy atom. The van der Waals surface area contributed by atoms with Crippen LogP contribution in [0.25, 0.3) is 0 Å². The first-order chi connectivity index (χ1) is 12.4. The van der Waals surface area contributed by atoms with Gasteiger partial charge < -0.3 is 9.47 Å². The number of ether oxygens (including phenoxy) is 2. The fourth-order valence-electron chi connectivity index (χ4n) is 3.31. The van der Waals surface area contributed by atoms with Gasteiger partial charge in [-0.1, -0.05) is 6.42 Å². The molecule has 138 valence electrons. The number of fused-ring (bicyclic) bond motifs is 1. The van der Waals surface area contributed by atoms with Crippen molar-refractivity contribution in [2.24, 2.45) is 0 Å². The Hall–Kier alpha value is -2.35. The molecule has 0 unspecified atom stereocenters. The summed E-state index contributed by atoms with van der Waals surface area (Å²) in [5, 5.41) is 0. The zero-order chi connectivity index (χ0) is 18.4. The third kappa shape index (κ3) is 3.09. The molecule has 5 nitrogen and oxygen atoms in total. The summed E-state index contributed by atoms with van der Waals surface area (Å²) in [7, 11) is -4.06. The molecule has 0 saturated heterocycles. The van der Waals surface area contributed by atoms with Gasteiger partial charge in [-0.05, 0) is 43.2 Å². The number of hydrogen-bond donors (Lipinski definition) is 1. The van der Waals surface area contributed by atoms with Gasteiger partial charge in [-0.25, -0.2) is 17.2 Å². The molecule has 1 spiro atoms. The fraction of sp³-hybridized carbons (Fsp3) is 0.333. The summed E-state index contributed by atoms with van der Waals surface area (Å²) in [5.41, 5.74) is 0.255. The van der Waals surface area contributed by atoms with Crippen LogP contribution in [0.1, 0.15) is 32.1 Å². The van der Waals surface area contributed by atoms with E-state index in [0.717, 1.165) is 44.2 Å². The van der Waals surface area contributed by atoms with E-state index in [2.05, 4.69) is 4.72 Å². The van der Waals surface area contributed by atoms with Crippen LogP contribution in [0.3, 0.4) is 0 Å². The standard InChI is InChI=1S/C18H17F2NO4S/c19-14-6-5-13(11-15(14)20)26(22,23)21-12-4-7-16-17(10-12)25-18(24-16)8-2-1-3-9-18/h4-7,10-11,21H,1-3,8-9H2. The summed E-state index contributed by atoms with van der Waals surface area (Å²) in [5.74, 6) is -1.94. The lowest BCUT2D eigenvalue weighted by atomic mass is 9.94. The van der Waals surface area contributed by atoms with Crippen LogP contribution in [-0.4, -0.2) is 14.2 Å². The van der Waals surface area contributed by atoms with Crippen molar-refractivity contribution in [3.8, 4) is 11.5 Å². The van der Waals surface area contributed by atoms with E-state index in [0.29, 0.717) is 17.6 Å². The van der Waals surface area contributed by atoms with Crippen molar-refractivity contribution < 1.29 is 26.7 Å². The molecule has 0 radical (unpaired) electrons. The van der Waals surface area contributed by atoms with Gasteiger partial charge in [0.1, 0.15) is 0 Å². The molecule has 0 bridgehead atoms. The van der Waals surface area contributed by atoms with E-state index < -0.39 is 27.4 Å². The van der Waals surface area contributed by atoms with E-state index in [-0.39, 0.29) is 10.6 Å². The molecule has 1 heterocycles. The molecule has 26 heavy (non-hydrogen) atoms. The van der Waals surface area contributed by atoms with Crippen molar-refractivity contribution in [1.29, 1.82) is 0 Å². The second-order valence-corrected chi connectivity index (χ2v) is 8.20. The van der Waals surface area contributed by atoms with Crippen LogP contribution in [0.5, 0.6) is 11.5 Å². The maximum atomic E-state index is 13.3. The van der Waals surface area contributed by atoms with E-state index in [9.17, 15) is 17.2 Å². The van der Waals surface area contributed by atoms with E-state index >= 15 is 0 Å². The molecule has 2 aromatic carbocycles. The minimum absolute atomic E-state index is 0.255. The molecule has 0 atom stereocenters. The molecule has 8 heteroatoms. The van der Waals surface area contributed by atoms with Gasteiger partial charge in [-0.3, -0.25) is 4.72 Å². The quantitative estimate of drug-likeness (QED) is 0.866. The number of hydrogen-bond acceptors (Lipinski definition) is 4. The molecule has 1 N–H and O–H groups in total. The number of sulfonamides is 1. The van der Waals surface area contributed by atoms with E-state index in [4.69, 9.17) is 9.47 Å². The SMILES string of the molecule is O=S(=O)(Nc1ccc2c(c1)OC1(CCCCC1)O2)c1ccc(F)c(F)c1. The number of halogens is 2. The lowest BCUT2D eigenvalue weighted by Crippen LogP contribution is -2.40. The van der Waals surface area contributed by atoms with Crippen LogP contribution in [0.15, 0.2) is 41.3 Å². The molecular weight excluding hydrogens is 364 g/mol. The summed E-state index contributed by atoms with van der Waals surface area (Å²) in [4.78, 5) is -0.363. The lowest BCUT2D eigenvalue weighted by Gasteiger charge is -2.31. The second-order valence-electron chi connectivity index (χ2n) is 6.52. The highest BCUT2D eigenvalue weighted by molar-refractivity contribution is 7.92. The third-order valence-corrected chi connectivity index (χ3v) is 5.98. The second kappa shape index (κ2) is 6.12. The monoisotopic (exact) mass is 381 g/mol. The molecule has 2 aromatic rings. The Kier molecular flexibility index (Phi) is 4.02. The Morgan fingerprint density at radius 3 is 2.35 bits per heavy atom. The summed E-state index contributed by atoms with van der Waals surface area (Å²) in [6.45, 7) is 0. The largest absolute Gasteiger partial charge is 0.448 e. The number of nitrogens with one attached hydrogen (secondary N) is 1. The van der Waals surface area contributed by atoms with Crippen molar-refractivity contribution >= 4 is 15.7 Å². The molecule has 0 amide bonds. The molecule has 1 aliphatic carbocycles. The topological polar surface area (TPSA) is 64.6 Å². The fourth-order valence-corrected chi connectivity index (χ4v) is 4.37. The van der Waals surface area contributed by atoms with Crippen LogP contribution in [0.4, 0.5) is 14.5 Å². The highest BCUT2D eigenvalue weighted by Crippen LogP contribution is 2.46. The minimum Gasteiger partial charge on any atom is -0.448 e. The lowest BCUT2D eigenvalue weighted by molar-refractivity contribution is -0.105. The van der Waals surface area contributed by atoms with Crippen LogP contribution >= 0.6 is 0 Å². The highest BCUT2D eigenvalue weighted by atomic mass is 32.2. The van der Waals surface area contributed by atoms with Crippen molar-refractivity contribution in [2.45, 2.75) is 42.8 Å². The third-order valence-electron chi connectivity index (χ3n) is 4.60. The maximum Gasteiger partial charge on any atom is 0.262 e. The summed E-state index contributed by atoms with van der Waals surface area (Å²) < 4.78 is 65.4. The van der Waals surface area contributed by atoms with Crippen molar-refractivity contribution in [2.75, 3.05) is 4.72 Å². The van der Waals surface area contributed by atoms with Crippen LogP contribution in [-0.2, 0) is 10.0 Å². The smallest absolute Gasteiger partial charge is 0.262 e. The zero-order valence-corrected chi connectivity index (χ0v) is 14.6. The van der Waals surface area contributed by atoms with Gasteiger partial charge in [-0.2, -0.15) is 0 Å². The van der Waals surface area contributed by atoms with Crippen LogP contribution in [0.2, 0.25) is 0 Å². The Labute approximate surface area is 150 Å². The summed E-state index contributed by atoms with van der Waals surface area (Å²) >= 11 is 0. The number of anilines is 1. The molecule has 1 fully saturated rings. The molecule has 1 saturated carbocycles. The Bertz CT molecular complexity index is 956. The van der Waals surface area contributed by atoms with E-state index in [1.165, 1.54) is 6.07 Å².